The highest BCUT2D eigenvalue weighted by molar-refractivity contribution is 14.1. The second-order valence-electron chi connectivity index (χ2n) is 5.54. The largest absolute Gasteiger partial charge is 0.490 e. The summed E-state index contributed by atoms with van der Waals surface area (Å²) in [6.45, 7) is 4.08. The van der Waals surface area contributed by atoms with Gasteiger partial charge in [-0.1, -0.05) is 12.1 Å². The number of carbonyl (C=O) groups is 2. The molecule has 0 spiro atoms. The van der Waals surface area contributed by atoms with Gasteiger partial charge in [0.25, 0.3) is 5.91 Å². The smallest absolute Gasteiger partial charge is 0.344 e. The summed E-state index contributed by atoms with van der Waals surface area (Å²) < 4.78 is 17.5. The van der Waals surface area contributed by atoms with Crippen LogP contribution in [0.5, 0.6) is 11.5 Å². The van der Waals surface area contributed by atoms with Crippen molar-refractivity contribution in [2.45, 2.75) is 13.8 Å². The van der Waals surface area contributed by atoms with Gasteiger partial charge in [-0.25, -0.2) is 10.2 Å². The van der Waals surface area contributed by atoms with Crippen molar-refractivity contribution in [3.8, 4) is 11.5 Å². The number of ether oxygens (including phenoxy) is 3. The van der Waals surface area contributed by atoms with Crippen molar-refractivity contribution in [3.05, 3.63) is 55.6 Å². The fraction of sp³-hybridized carbons (Fsp3) is 0.250. The van der Waals surface area contributed by atoms with Crippen molar-refractivity contribution >= 4 is 56.6 Å². The number of nitrogens with zero attached hydrogens (tertiary/aromatic N) is 1. The van der Waals surface area contributed by atoms with Crippen molar-refractivity contribution in [2.24, 2.45) is 5.10 Å². The van der Waals surface area contributed by atoms with E-state index >= 15 is 0 Å². The van der Waals surface area contributed by atoms with Crippen LogP contribution in [0.2, 0.25) is 0 Å². The van der Waals surface area contributed by atoms with E-state index in [4.69, 9.17) is 14.2 Å². The highest BCUT2D eigenvalue weighted by Gasteiger charge is 2.14. The maximum atomic E-state index is 12.2. The predicted octanol–water partition coefficient (Wildman–Crippen LogP) is 4.16. The van der Waals surface area contributed by atoms with Crippen LogP contribution < -0.4 is 14.9 Å². The van der Waals surface area contributed by atoms with Gasteiger partial charge in [0.2, 0.25) is 0 Å². The third kappa shape index (κ3) is 7.00. The first-order valence-electron chi connectivity index (χ1n) is 8.78. The number of amides is 1. The molecule has 9 heteroatoms. The van der Waals surface area contributed by atoms with E-state index in [1.165, 1.54) is 6.21 Å². The lowest BCUT2D eigenvalue weighted by molar-refractivity contribution is -0.145. The van der Waals surface area contributed by atoms with Gasteiger partial charge in [-0.15, -0.1) is 0 Å². The molecule has 0 aliphatic rings. The van der Waals surface area contributed by atoms with E-state index in [1.54, 1.807) is 37.3 Å². The van der Waals surface area contributed by atoms with Crippen molar-refractivity contribution in [1.82, 2.24) is 5.43 Å². The number of esters is 1. The molecule has 0 saturated heterocycles. The van der Waals surface area contributed by atoms with E-state index in [1.807, 2.05) is 13.0 Å². The Hall–Kier alpha value is -2.14. The number of hydrogen-bond donors (Lipinski definition) is 1. The average Bonchev–Trinajstić information content (AvgIpc) is 2.68. The van der Waals surface area contributed by atoms with E-state index < -0.39 is 5.97 Å². The normalized spacial score (nSPS) is 10.6. The van der Waals surface area contributed by atoms with E-state index in [0.29, 0.717) is 33.7 Å². The van der Waals surface area contributed by atoms with Crippen molar-refractivity contribution in [2.75, 3.05) is 19.8 Å². The molecule has 2 aromatic rings. The summed E-state index contributed by atoms with van der Waals surface area (Å²) in [4.78, 5) is 23.8. The van der Waals surface area contributed by atoms with Gasteiger partial charge in [0.15, 0.2) is 18.1 Å². The minimum absolute atomic E-state index is 0.209. The minimum Gasteiger partial charge on any atom is -0.490 e. The van der Waals surface area contributed by atoms with Crippen LogP contribution in [-0.2, 0) is 9.53 Å². The summed E-state index contributed by atoms with van der Waals surface area (Å²) in [5, 5.41) is 4.01. The van der Waals surface area contributed by atoms with Crippen LogP contribution in [0.1, 0.15) is 29.8 Å². The Morgan fingerprint density at radius 1 is 1.17 bits per heavy atom. The van der Waals surface area contributed by atoms with Crippen LogP contribution in [0.25, 0.3) is 0 Å². The van der Waals surface area contributed by atoms with Gasteiger partial charge in [0, 0.05) is 4.47 Å². The summed E-state index contributed by atoms with van der Waals surface area (Å²) in [5.41, 5.74) is 3.68. The molecule has 2 rings (SSSR count). The summed E-state index contributed by atoms with van der Waals surface area (Å²) in [6, 6.07) is 10.6. The first-order valence-corrected chi connectivity index (χ1v) is 10.7. The number of nitrogens with one attached hydrogen (secondary N) is 1. The highest BCUT2D eigenvalue weighted by atomic mass is 127. The molecule has 1 amide bonds. The van der Waals surface area contributed by atoms with Crippen LogP contribution in [0.4, 0.5) is 0 Å². The van der Waals surface area contributed by atoms with Gasteiger partial charge >= 0.3 is 5.97 Å². The molecule has 0 fully saturated rings. The lowest BCUT2D eigenvalue weighted by atomic mass is 10.2. The minimum atomic E-state index is -0.453. The van der Waals surface area contributed by atoms with E-state index in [-0.39, 0.29) is 19.1 Å². The Bertz CT molecular complexity index is 904. The first kappa shape index (κ1) is 23.1. The molecule has 154 valence electrons. The number of carbonyl (C=O) groups excluding carboxylic acids is 2. The van der Waals surface area contributed by atoms with Crippen LogP contribution in [0, 0.1) is 3.57 Å². The summed E-state index contributed by atoms with van der Waals surface area (Å²) in [7, 11) is 0. The van der Waals surface area contributed by atoms with E-state index in [0.717, 1.165) is 3.57 Å². The second kappa shape index (κ2) is 11.8. The number of hydrogen-bond acceptors (Lipinski definition) is 6. The fourth-order valence-corrected chi connectivity index (χ4v) is 3.52. The molecule has 0 aromatic heterocycles. The SMILES string of the molecule is CCOC(=O)COc1c(I)cc(/C=N/NC(=O)c2ccccc2Br)cc1OCC. The van der Waals surface area contributed by atoms with Gasteiger partial charge in [-0.2, -0.15) is 5.10 Å². The molecule has 0 saturated carbocycles. The quantitative estimate of drug-likeness (QED) is 0.210. The Labute approximate surface area is 191 Å². The maximum absolute atomic E-state index is 12.2. The molecule has 0 bridgehead atoms. The zero-order valence-corrected chi connectivity index (χ0v) is 19.7. The molecule has 0 radical (unpaired) electrons. The standard InChI is InChI=1S/C20H20BrIN2O5/c1-3-27-17-10-13(9-16(22)19(17)29-12-18(25)28-4-2)11-23-24-20(26)14-7-5-6-8-15(14)21/h5-11H,3-4,12H2,1-2H3,(H,24,26)/b23-11+. The Balaban J connectivity index is 2.12. The first-order chi connectivity index (χ1) is 14.0. The van der Waals surface area contributed by atoms with Crippen LogP contribution in [0.15, 0.2) is 46.0 Å². The third-order valence-corrected chi connectivity index (χ3v) is 4.96. The third-order valence-electron chi connectivity index (χ3n) is 3.47. The maximum Gasteiger partial charge on any atom is 0.344 e. The summed E-state index contributed by atoms with van der Waals surface area (Å²) in [6.07, 6.45) is 1.51. The summed E-state index contributed by atoms with van der Waals surface area (Å²) >= 11 is 5.42. The molecule has 2 aromatic carbocycles. The lowest BCUT2D eigenvalue weighted by Gasteiger charge is -2.14. The van der Waals surface area contributed by atoms with Crippen LogP contribution >= 0.6 is 38.5 Å². The van der Waals surface area contributed by atoms with Crippen molar-refractivity contribution in [1.29, 1.82) is 0 Å². The second-order valence-corrected chi connectivity index (χ2v) is 7.55. The van der Waals surface area contributed by atoms with Gasteiger partial charge in [-0.05, 0) is 82.2 Å². The van der Waals surface area contributed by atoms with Crippen molar-refractivity contribution < 1.29 is 23.8 Å². The topological polar surface area (TPSA) is 86.2 Å². The van der Waals surface area contributed by atoms with E-state index in [2.05, 4.69) is 49.0 Å². The molecule has 0 aliphatic heterocycles. The van der Waals surface area contributed by atoms with Gasteiger partial charge in [-0.3, -0.25) is 4.79 Å². The number of hydrazone groups is 1. The molecule has 0 unspecified atom stereocenters. The van der Waals surface area contributed by atoms with Gasteiger partial charge in [0.05, 0.1) is 28.6 Å². The Morgan fingerprint density at radius 2 is 1.93 bits per heavy atom. The highest BCUT2D eigenvalue weighted by Crippen LogP contribution is 2.34. The molecular weight excluding hydrogens is 555 g/mol. The Kier molecular flexibility index (Phi) is 9.39. The monoisotopic (exact) mass is 574 g/mol. The van der Waals surface area contributed by atoms with Crippen molar-refractivity contribution in [3.63, 3.8) is 0 Å². The molecule has 1 N–H and O–H groups in total. The lowest BCUT2D eigenvalue weighted by Crippen LogP contribution is -2.18. The zero-order valence-electron chi connectivity index (χ0n) is 15.9. The average molecular weight is 575 g/mol. The fourth-order valence-electron chi connectivity index (χ4n) is 2.27. The molecule has 29 heavy (non-hydrogen) atoms. The van der Waals surface area contributed by atoms with Gasteiger partial charge < -0.3 is 14.2 Å². The molecule has 0 aliphatic carbocycles. The number of halogens is 2. The predicted molar refractivity (Wildman–Crippen MR) is 122 cm³/mol. The molecule has 0 heterocycles. The van der Waals surface area contributed by atoms with E-state index in [9.17, 15) is 9.59 Å². The molecule has 7 nitrogen and oxygen atoms in total. The summed E-state index contributed by atoms with van der Waals surface area (Å²) in [5.74, 6) is 0.145. The Morgan fingerprint density at radius 3 is 2.62 bits per heavy atom. The van der Waals surface area contributed by atoms with Gasteiger partial charge in [0.1, 0.15) is 0 Å². The number of benzene rings is 2. The molecular formula is C20H20BrIN2O5. The molecule has 0 atom stereocenters. The number of rotatable bonds is 9. The zero-order chi connectivity index (χ0) is 21.2. The van der Waals surface area contributed by atoms with Crippen LogP contribution in [-0.4, -0.2) is 37.9 Å². The van der Waals surface area contributed by atoms with Crippen LogP contribution in [0.3, 0.4) is 0 Å².